The Morgan fingerprint density at radius 2 is 1.79 bits per heavy atom. The third kappa shape index (κ3) is 2.05. The minimum absolute atomic E-state index is 0.303. The van der Waals surface area contributed by atoms with E-state index in [-0.39, 0.29) is 6.61 Å². The summed E-state index contributed by atoms with van der Waals surface area (Å²) in [6, 6.07) is 0. The molecule has 0 bridgehead atoms. The Kier molecular flexibility index (Phi) is 4.24. The molecule has 6 heteroatoms. The minimum atomic E-state index is -1.17. The van der Waals surface area contributed by atoms with Crippen molar-refractivity contribution in [3.8, 4) is 0 Å². The summed E-state index contributed by atoms with van der Waals surface area (Å²) >= 11 is 0. The highest BCUT2D eigenvalue weighted by atomic mass is 16.7. The van der Waals surface area contributed by atoms with Crippen LogP contribution in [0.4, 0.5) is 0 Å². The van der Waals surface area contributed by atoms with E-state index in [9.17, 15) is 10.2 Å². The van der Waals surface area contributed by atoms with E-state index in [0.717, 1.165) is 0 Å². The Balaban J connectivity index is 2.71. The van der Waals surface area contributed by atoms with Crippen LogP contribution in [0, 0.1) is 0 Å². The molecule has 3 N–H and O–H groups in total. The molecule has 1 heterocycles. The highest BCUT2D eigenvalue weighted by Gasteiger charge is 2.44. The van der Waals surface area contributed by atoms with Crippen LogP contribution in [0.5, 0.6) is 0 Å². The molecule has 0 saturated carbocycles. The zero-order valence-corrected chi connectivity index (χ0v) is 8.16. The van der Waals surface area contributed by atoms with Crippen molar-refractivity contribution in [3.05, 3.63) is 0 Å². The van der Waals surface area contributed by atoms with Gasteiger partial charge in [-0.1, -0.05) is 0 Å². The average molecular weight is 208 g/mol. The van der Waals surface area contributed by atoms with Gasteiger partial charge in [-0.05, 0) is 0 Å². The lowest BCUT2D eigenvalue weighted by Gasteiger charge is -2.40. The predicted molar refractivity (Wildman–Crippen MR) is 45.6 cm³/mol. The van der Waals surface area contributed by atoms with Crippen molar-refractivity contribution in [2.75, 3.05) is 20.8 Å². The summed E-state index contributed by atoms with van der Waals surface area (Å²) in [5, 5.41) is 28.0. The second-order valence-electron chi connectivity index (χ2n) is 3.14. The maximum Gasteiger partial charge on any atom is 0.186 e. The first-order valence-corrected chi connectivity index (χ1v) is 4.33. The molecule has 84 valence electrons. The average Bonchev–Trinajstić information content (AvgIpc) is 2.21. The monoisotopic (exact) mass is 208 g/mol. The maximum absolute atomic E-state index is 9.59. The van der Waals surface area contributed by atoms with E-state index in [2.05, 4.69) is 0 Å². The molecule has 3 unspecified atom stereocenters. The van der Waals surface area contributed by atoms with Crippen molar-refractivity contribution in [2.45, 2.75) is 30.7 Å². The molecule has 0 aromatic heterocycles. The molecule has 14 heavy (non-hydrogen) atoms. The minimum Gasteiger partial charge on any atom is -0.394 e. The number of aliphatic hydroxyl groups is 3. The highest BCUT2D eigenvalue weighted by Crippen LogP contribution is 2.23. The molecular weight excluding hydrogens is 192 g/mol. The van der Waals surface area contributed by atoms with Gasteiger partial charge >= 0.3 is 0 Å². The summed E-state index contributed by atoms with van der Waals surface area (Å²) in [4.78, 5) is 0. The summed E-state index contributed by atoms with van der Waals surface area (Å²) in [7, 11) is 2.72. The van der Waals surface area contributed by atoms with E-state index in [1.165, 1.54) is 14.2 Å². The summed E-state index contributed by atoms with van der Waals surface area (Å²) in [5.41, 5.74) is 0. The van der Waals surface area contributed by atoms with Crippen LogP contribution in [-0.4, -0.2) is 66.9 Å². The van der Waals surface area contributed by atoms with Gasteiger partial charge in [0.25, 0.3) is 0 Å². The van der Waals surface area contributed by atoms with Crippen molar-refractivity contribution in [3.63, 3.8) is 0 Å². The molecule has 1 aliphatic rings. The molecule has 1 aliphatic heterocycles. The largest absolute Gasteiger partial charge is 0.394 e. The molecule has 5 atom stereocenters. The molecule has 0 spiro atoms. The van der Waals surface area contributed by atoms with Gasteiger partial charge in [0.15, 0.2) is 6.29 Å². The van der Waals surface area contributed by atoms with Crippen LogP contribution in [0.3, 0.4) is 0 Å². The number of hydrogen-bond acceptors (Lipinski definition) is 6. The van der Waals surface area contributed by atoms with Crippen molar-refractivity contribution in [2.24, 2.45) is 0 Å². The fourth-order valence-corrected chi connectivity index (χ4v) is 1.54. The number of rotatable bonds is 3. The first-order chi connectivity index (χ1) is 6.65. The lowest BCUT2D eigenvalue weighted by Crippen LogP contribution is -2.59. The first kappa shape index (κ1) is 11.8. The Hall–Kier alpha value is -0.240. The topological polar surface area (TPSA) is 88.4 Å². The lowest BCUT2D eigenvalue weighted by molar-refractivity contribution is -0.298. The van der Waals surface area contributed by atoms with Gasteiger partial charge in [-0.25, -0.2) is 0 Å². The zero-order chi connectivity index (χ0) is 10.7. The second-order valence-corrected chi connectivity index (χ2v) is 3.14. The van der Waals surface area contributed by atoms with E-state index >= 15 is 0 Å². The van der Waals surface area contributed by atoms with Gasteiger partial charge in [-0.15, -0.1) is 0 Å². The number of ether oxygens (including phenoxy) is 3. The van der Waals surface area contributed by atoms with Crippen molar-refractivity contribution in [1.82, 2.24) is 0 Å². The van der Waals surface area contributed by atoms with Crippen LogP contribution < -0.4 is 0 Å². The quantitative estimate of drug-likeness (QED) is 0.501. The third-order valence-corrected chi connectivity index (χ3v) is 2.33. The van der Waals surface area contributed by atoms with Crippen LogP contribution in [0.1, 0.15) is 0 Å². The van der Waals surface area contributed by atoms with Gasteiger partial charge in [-0.3, -0.25) is 0 Å². The molecule has 1 rings (SSSR count). The second kappa shape index (κ2) is 5.01. The van der Waals surface area contributed by atoms with Gasteiger partial charge in [0.05, 0.1) is 6.61 Å². The van der Waals surface area contributed by atoms with Crippen LogP contribution in [0.25, 0.3) is 0 Å². The van der Waals surface area contributed by atoms with Gasteiger partial charge in [0.1, 0.15) is 24.4 Å². The Labute approximate surface area is 82.0 Å². The van der Waals surface area contributed by atoms with Gasteiger partial charge in [-0.2, -0.15) is 0 Å². The van der Waals surface area contributed by atoms with Crippen LogP contribution in [-0.2, 0) is 14.2 Å². The van der Waals surface area contributed by atoms with Crippen molar-refractivity contribution in [1.29, 1.82) is 0 Å². The van der Waals surface area contributed by atoms with Crippen LogP contribution in [0.2, 0.25) is 0 Å². The molecule has 1 saturated heterocycles. The number of aliphatic hydroxyl groups excluding tert-OH is 3. The summed E-state index contributed by atoms with van der Waals surface area (Å²) in [6.45, 7) is -0.303. The number of hydrogen-bond donors (Lipinski definition) is 3. The molecule has 0 radical (unpaired) electrons. The predicted octanol–water partition coefficient (Wildman–Crippen LogP) is -1.91. The Morgan fingerprint density at radius 1 is 1.14 bits per heavy atom. The van der Waals surface area contributed by atoms with E-state index in [0.29, 0.717) is 0 Å². The van der Waals surface area contributed by atoms with Crippen LogP contribution >= 0.6 is 0 Å². The zero-order valence-electron chi connectivity index (χ0n) is 8.16. The molecule has 0 aromatic carbocycles. The van der Waals surface area contributed by atoms with Crippen molar-refractivity contribution >= 4 is 0 Å². The summed E-state index contributed by atoms with van der Waals surface area (Å²) in [5.74, 6) is 0. The summed E-state index contributed by atoms with van der Waals surface area (Å²) < 4.78 is 14.9. The Morgan fingerprint density at radius 3 is 2.21 bits per heavy atom. The highest BCUT2D eigenvalue weighted by molar-refractivity contribution is 4.89. The van der Waals surface area contributed by atoms with E-state index in [4.69, 9.17) is 19.3 Å². The molecule has 1 fully saturated rings. The normalized spacial score (nSPS) is 43.9. The third-order valence-electron chi connectivity index (χ3n) is 2.33. The van der Waals surface area contributed by atoms with Gasteiger partial charge < -0.3 is 29.5 Å². The molecule has 6 nitrogen and oxygen atoms in total. The molecule has 0 amide bonds. The lowest BCUT2D eigenvalue weighted by atomic mass is 9.99. The standard InChI is InChI=1S/C8H16O6/c1-12-7-4(3-9)14-8(13-2)6(11)5(7)10/h4-11H,3H2,1-2H3/t4?,5?,6-,7?,8-/m0/s1. The smallest absolute Gasteiger partial charge is 0.186 e. The summed E-state index contributed by atoms with van der Waals surface area (Å²) in [6.07, 6.45) is -4.68. The van der Waals surface area contributed by atoms with Gasteiger partial charge in [0.2, 0.25) is 0 Å². The molecular formula is C8H16O6. The van der Waals surface area contributed by atoms with Gasteiger partial charge in [0, 0.05) is 14.2 Å². The SMILES string of the molecule is COC1C(CO)O[C@H](OC)[C@@H](O)C1O. The van der Waals surface area contributed by atoms with Crippen molar-refractivity contribution < 1.29 is 29.5 Å². The first-order valence-electron chi connectivity index (χ1n) is 4.33. The van der Waals surface area contributed by atoms with E-state index in [1.807, 2.05) is 0 Å². The van der Waals surface area contributed by atoms with Crippen LogP contribution in [0.15, 0.2) is 0 Å². The van der Waals surface area contributed by atoms with E-state index < -0.39 is 30.7 Å². The van der Waals surface area contributed by atoms with E-state index in [1.54, 1.807) is 0 Å². The maximum atomic E-state index is 9.59. The molecule has 0 aliphatic carbocycles. The fraction of sp³-hybridized carbons (Fsp3) is 1.00. The number of methoxy groups -OCH3 is 2. The fourth-order valence-electron chi connectivity index (χ4n) is 1.54. The Bertz CT molecular complexity index is 173. The molecule has 0 aromatic rings.